The average Bonchev–Trinajstić information content (AvgIpc) is 3.18. The molecular formula is C14H25NO4S. The van der Waals surface area contributed by atoms with E-state index in [0.29, 0.717) is 45.1 Å². The van der Waals surface area contributed by atoms with E-state index in [1.54, 1.807) is 4.31 Å². The normalized spacial score (nSPS) is 33.6. The van der Waals surface area contributed by atoms with Crippen LogP contribution in [0.25, 0.3) is 0 Å². The fraction of sp³-hybridized carbons (Fsp3) is 1.00. The zero-order valence-corrected chi connectivity index (χ0v) is 13.0. The Kier molecular flexibility index (Phi) is 4.10. The lowest BCUT2D eigenvalue weighted by Crippen LogP contribution is -2.50. The molecule has 2 heterocycles. The molecule has 116 valence electrons. The van der Waals surface area contributed by atoms with Gasteiger partial charge in [0.05, 0.1) is 11.4 Å². The molecule has 0 aromatic rings. The summed E-state index contributed by atoms with van der Waals surface area (Å²) in [5.41, 5.74) is -0.534. The van der Waals surface area contributed by atoms with Gasteiger partial charge in [-0.05, 0) is 32.1 Å². The molecule has 3 fully saturated rings. The second-order valence-electron chi connectivity index (χ2n) is 6.30. The van der Waals surface area contributed by atoms with Crippen molar-refractivity contribution in [3.05, 3.63) is 0 Å². The molecule has 0 spiro atoms. The first kappa shape index (κ1) is 14.8. The largest absolute Gasteiger partial charge is 0.381 e. The quantitative estimate of drug-likeness (QED) is 0.770. The predicted molar refractivity (Wildman–Crippen MR) is 76.0 cm³/mol. The number of sulfonamides is 1. The molecule has 1 aliphatic carbocycles. The van der Waals surface area contributed by atoms with E-state index >= 15 is 0 Å². The maximum absolute atomic E-state index is 12.8. The fourth-order valence-electron chi connectivity index (χ4n) is 3.71. The van der Waals surface area contributed by atoms with E-state index in [0.717, 1.165) is 12.8 Å². The first-order chi connectivity index (χ1) is 9.56. The van der Waals surface area contributed by atoms with Crippen molar-refractivity contribution in [2.75, 3.05) is 32.1 Å². The molecule has 1 saturated carbocycles. The summed E-state index contributed by atoms with van der Waals surface area (Å²) in [6, 6.07) is 0.285. The first-order valence-electron chi connectivity index (χ1n) is 7.78. The molecular weight excluding hydrogens is 278 g/mol. The highest BCUT2D eigenvalue weighted by molar-refractivity contribution is 7.89. The summed E-state index contributed by atoms with van der Waals surface area (Å²) >= 11 is 0. The third-order valence-corrected chi connectivity index (χ3v) is 6.92. The Hall–Kier alpha value is -0.170. The van der Waals surface area contributed by atoms with Gasteiger partial charge in [0.25, 0.3) is 0 Å². The zero-order chi connectivity index (χ0) is 14.2. The Morgan fingerprint density at radius 1 is 1.35 bits per heavy atom. The lowest BCUT2D eigenvalue weighted by molar-refractivity contribution is -0.0931. The van der Waals surface area contributed by atoms with E-state index in [4.69, 9.17) is 9.47 Å². The molecule has 2 unspecified atom stereocenters. The molecule has 2 aliphatic heterocycles. The van der Waals surface area contributed by atoms with E-state index in [2.05, 4.69) is 0 Å². The van der Waals surface area contributed by atoms with Crippen molar-refractivity contribution in [3.63, 3.8) is 0 Å². The summed E-state index contributed by atoms with van der Waals surface area (Å²) in [6.07, 6.45) is 4.63. The van der Waals surface area contributed by atoms with Crippen molar-refractivity contribution < 1.29 is 17.9 Å². The van der Waals surface area contributed by atoms with Gasteiger partial charge in [-0.1, -0.05) is 0 Å². The molecule has 0 aromatic carbocycles. The average molecular weight is 303 g/mol. The maximum atomic E-state index is 12.8. The topological polar surface area (TPSA) is 55.8 Å². The van der Waals surface area contributed by atoms with Crippen LogP contribution in [0.2, 0.25) is 0 Å². The minimum Gasteiger partial charge on any atom is -0.381 e. The van der Waals surface area contributed by atoms with Crippen LogP contribution in [0.1, 0.15) is 39.0 Å². The lowest BCUT2D eigenvalue weighted by Gasteiger charge is -2.38. The second kappa shape index (κ2) is 5.55. The lowest BCUT2D eigenvalue weighted by atomic mass is 9.96. The van der Waals surface area contributed by atoms with Crippen LogP contribution < -0.4 is 0 Å². The molecule has 20 heavy (non-hydrogen) atoms. The van der Waals surface area contributed by atoms with Gasteiger partial charge in [-0.25, -0.2) is 8.42 Å². The van der Waals surface area contributed by atoms with Crippen molar-refractivity contribution in [1.29, 1.82) is 0 Å². The molecule has 2 atom stereocenters. The van der Waals surface area contributed by atoms with Crippen LogP contribution in [0.5, 0.6) is 0 Å². The molecule has 0 amide bonds. The SMILES string of the molecule is CCOC1(CS(=O)(=O)N2CCCC3CC32)CCOCC1. The molecule has 5 nitrogen and oxygen atoms in total. The van der Waals surface area contributed by atoms with Crippen molar-refractivity contribution in [1.82, 2.24) is 4.31 Å². The molecule has 2 saturated heterocycles. The van der Waals surface area contributed by atoms with Crippen LogP contribution in [0, 0.1) is 5.92 Å². The van der Waals surface area contributed by atoms with Gasteiger partial charge in [0.1, 0.15) is 0 Å². The first-order valence-corrected chi connectivity index (χ1v) is 9.38. The summed E-state index contributed by atoms with van der Waals surface area (Å²) in [6.45, 7) is 4.38. The molecule has 3 aliphatic rings. The molecule has 6 heteroatoms. The van der Waals surface area contributed by atoms with Gasteiger partial charge >= 0.3 is 0 Å². The second-order valence-corrected chi connectivity index (χ2v) is 8.22. The number of rotatable bonds is 5. The van der Waals surface area contributed by atoms with Gasteiger partial charge in [-0.15, -0.1) is 0 Å². The number of nitrogens with zero attached hydrogens (tertiary/aromatic N) is 1. The number of ether oxygens (including phenoxy) is 2. The van der Waals surface area contributed by atoms with Gasteiger partial charge < -0.3 is 9.47 Å². The van der Waals surface area contributed by atoms with Gasteiger partial charge in [0.2, 0.25) is 10.0 Å². The Labute approximate surface area is 121 Å². The van der Waals surface area contributed by atoms with Gasteiger partial charge in [-0.3, -0.25) is 0 Å². The number of fused-ring (bicyclic) bond motifs is 1. The van der Waals surface area contributed by atoms with E-state index in [-0.39, 0.29) is 11.8 Å². The highest BCUT2D eigenvalue weighted by Gasteiger charge is 2.50. The number of hydrogen-bond acceptors (Lipinski definition) is 4. The summed E-state index contributed by atoms with van der Waals surface area (Å²) in [5.74, 6) is 0.747. The fourth-order valence-corrected chi connectivity index (χ4v) is 5.99. The van der Waals surface area contributed by atoms with Crippen LogP contribution in [0.4, 0.5) is 0 Å². The van der Waals surface area contributed by atoms with Crippen molar-refractivity contribution in [3.8, 4) is 0 Å². The van der Waals surface area contributed by atoms with Crippen LogP contribution in [-0.4, -0.2) is 56.5 Å². The molecule has 0 bridgehead atoms. The minimum absolute atomic E-state index is 0.125. The monoisotopic (exact) mass is 303 g/mol. The summed E-state index contributed by atoms with van der Waals surface area (Å²) in [5, 5.41) is 0. The van der Waals surface area contributed by atoms with Crippen molar-refractivity contribution in [2.45, 2.75) is 50.7 Å². The van der Waals surface area contributed by atoms with Crippen molar-refractivity contribution in [2.24, 2.45) is 5.92 Å². The Bertz CT molecular complexity index is 439. The van der Waals surface area contributed by atoms with Crippen LogP contribution >= 0.6 is 0 Å². The van der Waals surface area contributed by atoms with Crippen molar-refractivity contribution >= 4 is 10.0 Å². The number of piperidine rings is 1. The minimum atomic E-state index is -3.22. The van der Waals surface area contributed by atoms with Gasteiger partial charge in [-0.2, -0.15) is 4.31 Å². The summed E-state index contributed by atoms with van der Waals surface area (Å²) in [4.78, 5) is 0. The van der Waals surface area contributed by atoms with Crippen LogP contribution in [0.15, 0.2) is 0 Å². The third-order valence-electron chi connectivity index (χ3n) is 4.87. The summed E-state index contributed by atoms with van der Waals surface area (Å²) < 4.78 is 38.5. The highest BCUT2D eigenvalue weighted by atomic mass is 32.2. The van der Waals surface area contributed by atoms with Crippen LogP contribution in [0.3, 0.4) is 0 Å². The smallest absolute Gasteiger partial charge is 0.217 e. The van der Waals surface area contributed by atoms with E-state index in [9.17, 15) is 8.42 Å². The van der Waals surface area contributed by atoms with Crippen LogP contribution in [-0.2, 0) is 19.5 Å². The predicted octanol–water partition coefficient (Wildman–Crippen LogP) is 1.39. The molecule has 0 radical (unpaired) electrons. The van der Waals surface area contributed by atoms with E-state index in [1.807, 2.05) is 6.92 Å². The Morgan fingerprint density at radius 3 is 2.80 bits per heavy atom. The Morgan fingerprint density at radius 2 is 2.10 bits per heavy atom. The molecule has 0 N–H and O–H groups in total. The third kappa shape index (κ3) is 2.89. The molecule has 0 aromatic heterocycles. The molecule has 3 rings (SSSR count). The highest BCUT2D eigenvalue weighted by Crippen LogP contribution is 2.45. The zero-order valence-electron chi connectivity index (χ0n) is 12.2. The van der Waals surface area contributed by atoms with Gasteiger partial charge in [0.15, 0.2) is 0 Å². The van der Waals surface area contributed by atoms with E-state index < -0.39 is 15.6 Å². The summed E-state index contributed by atoms with van der Waals surface area (Å²) in [7, 11) is -3.22. The Balaban J connectivity index is 1.73. The number of hydrogen-bond donors (Lipinski definition) is 0. The standard InChI is InChI=1S/C14H25NO4S/c1-2-19-14(5-8-18-9-6-14)11-20(16,17)15-7-3-4-12-10-13(12)15/h12-13H,2-11H2,1H3. The maximum Gasteiger partial charge on any atom is 0.217 e. The van der Waals surface area contributed by atoms with E-state index in [1.165, 1.54) is 6.42 Å². The van der Waals surface area contributed by atoms with Gasteiger partial charge in [0, 0.05) is 45.2 Å².